The fourth-order valence-corrected chi connectivity index (χ4v) is 4.01. The molecule has 2 amide bonds. The van der Waals surface area contributed by atoms with Crippen molar-refractivity contribution in [3.8, 4) is 23.2 Å². The largest absolute Gasteiger partial charge is 0.364 e. The highest BCUT2D eigenvalue weighted by Crippen LogP contribution is 2.33. The average Bonchev–Trinajstić information content (AvgIpc) is 3.38. The third kappa shape index (κ3) is 4.36. The van der Waals surface area contributed by atoms with Crippen LogP contribution in [-0.4, -0.2) is 37.9 Å². The Labute approximate surface area is 191 Å². The van der Waals surface area contributed by atoms with Crippen molar-refractivity contribution >= 4 is 17.6 Å². The van der Waals surface area contributed by atoms with Gasteiger partial charge in [0, 0.05) is 29.9 Å². The first-order valence-electron chi connectivity index (χ1n) is 10.6. The predicted molar refractivity (Wildman–Crippen MR) is 125 cm³/mol. The summed E-state index contributed by atoms with van der Waals surface area (Å²) in [6.07, 6.45) is 3.41. The van der Waals surface area contributed by atoms with E-state index in [9.17, 15) is 9.59 Å². The maximum atomic E-state index is 12.6. The van der Waals surface area contributed by atoms with Gasteiger partial charge in [-0.1, -0.05) is 18.1 Å². The highest BCUT2D eigenvalue weighted by atomic mass is 16.2. The second-order valence-electron chi connectivity index (χ2n) is 7.86. The summed E-state index contributed by atoms with van der Waals surface area (Å²) in [6, 6.07) is 13.3. The standard InChI is InChI=1S/C24H25N7O2/c1-3-12-30-13-4-5-18(30)23-29-20(21(22(25)32)31(23)26)16-6-8-17(9-7-16)24(33)28-19-14-15(2)10-11-27-19/h6-11,14,18H,4-5,13,26H2,1-2H3,(H2,25,32)(H,27,28,33)/t18-/m0/s1. The highest BCUT2D eigenvalue weighted by Gasteiger charge is 2.32. The number of hydrogen-bond acceptors (Lipinski definition) is 6. The van der Waals surface area contributed by atoms with Gasteiger partial charge in [0.05, 0.1) is 6.04 Å². The number of nitrogens with zero attached hydrogens (tertiary/aromatic N) is 4. The lowest BCUT2D eigenvalue weighted by atomic mass is 10.1. The SMILES string of the molecule is CC#CN1CCC[C@H]1c1nc(-c2ccc(C(=O)Nc3cc(C)ccn3)cc2)c(C(N)=O)n1N. The van der Waals surface area contributed by atoms with Crippen molar-refractivity contribution in [3.05, 3.63) is 65.2 Å². The molecule has 9 nitrogen and oxygen atoms in total. The second kappa shape index (κ2) is 9.04. The molecule has 0 spiro atoms. The van der Waals surface area contributed by atoms with Crippen molar-refractivity contribution < 1.29 is 9.59 Å². The number of aryl methyl sites for hydroxylation is 1. The first-order valence-corrected chi connectivity index (χ1v) is 10.6. The van der Waals surface area contributed by atoms with Gasteiger partial charge in [-0.3, -0.25) is 9.59 Å². The number of nitrogens with two attached hydrogens (primary N) is 2. The molecular formula is C24H25N7O2. The third-order valence-corrected chi connectivity index (χ3v) is 5.56. The number of amides is 2. The van der Waals surface area contributed by atoms with Crippen LogP contribution in [0.1, 0.15) is 58.0 Å². The fourth-order valence-electron chi connectivity index (χ4n) is 4.01. The Morgan fingerprint density at radius 2 is 1.97 bits per heavy atom. The van der Waals surface area contributed by atoms with E-state index in [0.29, 0.717) is 28.5 Å². The first kappa shape index (κ1) is 21.9. The van der Waals surface area contributed by atoms with E-state index in [4.69, 9.17) is 11.6 Å². The average molecular weight is 444 g/mol. The number of carbonyl (C=O) groups excluding carboxylic acids is 2. The maximum Gasteiger partial charge on any atom is 0.269 e. The summed E-state index contributed by atoms with van der Waals surface area (Å²) >= 11 is 0. The molecule has 168 valence electrons. The van der Waals surface area contributed by atoms with Crippen LogP contribution in [0.3, 0.4) is 0 Å². The number of hydrogen-bond donors (Lipinski definition) is 3. The second-order valence-corrected chi connectivity index (χ2v) is 7.86. The molecule has 1 atom stereocenters. The summed E-state index contributed by atoms with van der Waals surface area (Å²) in [4.78, 5) is 35.6. The smallest absolute Gasteiger partial charge is 0.269 e. The fraction of sp³-hybridized carbons (Fsp3) is 0.250. The monoisotopic (exact) mass is 443 g/mol. The summed E-state index contributed by atoms with van der Waals surface area (Å²) in [6.45, 7) is 4.50. The highest BCUT2D eigenvalue weighted by molar-refractivity contribution is 6.04. The number of benzene rings is 1. The molecule has 0 radical (unpaired) electrons. The van der Waals surface area contributed by atoms with Crippen LogP contribution in [0.5, 0.6) is 0 Å². The van der Waals surface area contributed by atoms with Crippen LogP contribution < -0.4 is 16.9 Å². The van der Waals surface area contributed by atoms with Crippen molar-refractivity contribution in [2.24, 2.45) is 5.73 Å². The zero-order valence-corrected chi connectivity index (χ0v) is 18.5. The van der Waals surface area contributed by atoms with Crippen molar-refractivity contribution in [1.29, 1.82) is 0 Å². The Morgan fingerprint density at radius 3 is 2.64 bits per heavy atom. The molecule has 0 bridgehead atoms. The van der Waals surface area contributed by atoms with Gasteiger partial charge in [0.1, 0.15) is 11.5 Å². The number of aromatic nitrogens is 3. The van der Waals surface area contributed by atoms with Crippen LogP contribution in [0, 0.1) is 18.9 Å². The molecule has 33 heavy (non-hydrogen) atoms. The molecule has 0 saturated carbocycles. The summed E-state index contributed by atoms with van der Waals surface area (Å²) in [5.74, 6) is 9.21. The molecule has 2 aromatic heterocycles. The lowest BCUT2D eigenvalue weighted by Gasteiger charge is -2.19. The van der Waals surface area contributed by atoms with Gasteiger partial charge in [-0.2, -0.15) is 0 Å². The topological polar surface area (TPSA) is 132 Å². The lowest BCUT2D eigenvalue weighted by Crippen LogP contribution is -2.27. The molecular weight excluding hydrogens is 418 g/mol. The normalized spacial score (nSPS) is 15.1. The van der Waals surface area contributed by atoms with E-state index < -0.39 is 5.91 Å². The van der Waals surface area contributed by atoms with E-state index in [2.05, 4.69) is 27.2 Å². The van der Waals surface area contributed by atoms with E-state index in [1.807, 2.05) is 17.9 Å². The van der Waals surface area contributed by atoms with Gasteiger partial charge in [0.15, 0.2) is 11.5 Å². The van der Waals surface area contributed by atoms with Crippen molar-refractivity contribution in [2.75, 3.05) is 17.7 Å². The van der Waals surface area contributed by atoms with Crippen molar-refractivity contribution in [3.63, 3.8) is 0 Å². The molecule has 1 aromatic carbocycles. The zero-order chi connectivity index (χ0) is 23.5. The number of carbonyl (C=O) groups is 2. The summed E-state index contributed by atoms with van der Waals surface area (Å²) in [5.41, 5.74) is 8.20. The number of anilines is 1. The zero-order valence-electron chi connectivity index (χ0n) is 18.5. The van der Waals surface area contributed by atoms with Gasteiger partial charge in [0.2, 0.25) is 0 Å². The van der Waals surface area contributed by atoms with E-state index >= 15 is 0 Å². The number of pyridine rings is 1. The maximum absolute atomic E-state index is 12.6. The Balaban J connectivity index is 1.64. The molecule has 0 aliphatic carbocycles. The van der Waals surface area contributed by atoms with E-state index in [1.54, 1.807) is 43.5 Å². The summed E-state index contributed by atoms with van der Waals surface area (Å²) in [5, 5.41) is 2.77. The van der Waals surface area contributed by atoms with Crippen LogP contribution in [0.15, 0.2) is 42.6 Å². The van der Waals surface area contributed by atoms with Crippen LogP contribution in [0.25, 0.3) is 11.3 Å². The Morgan fingerprint density at radius 1 is 1.21 bits per heavy atom. The van der Waals surface area contributed by atoms with Crippen LogP contribution >= 0.6 is 0 Å². The molecule has 1 fully saturated rings. The van der Waals surface area contributed by atoms with E-state index in [-0.39, 0.29) is 17.6 Å². The third-order valence-electron chi connectivity index (χ3n) is 5.56. The molecule has 0 unspecified atom stereocenters. The van der Waals surface area contributed by atoms with E-state index in [1.165, 1.54) is 4.68 Å². The molecule has 3 aromatic rings. The molecule has 1 aliphatic heterocycles. The Bertz CT molecular complexity index is 1270. The molecule has 4 rings (SSSR count). The number of likely N-dealkylation sites (tertiary alicyclic amines) is 1. The van der Waals surface area contributed by atoms with Gasteiger partial charge in [-0.15, -0.1) is 0 Å². The molecule has 5 N–H and O–H groups in total. The Kier molecular flexibility index (Phi) is 6.00. The number of primary amides is 1. The minimum absolute atomic E-state index is 0.113. The first-order chi connectivity index (χ1) is 15.9. The van der Waals surface area contributed by atoms with Gasteiger partial charge in [-0.05, 0) is 56.5 Å². The van der Waals surface area contributed by atoms with Crippen LogP contribution in [0.4, 0.5) is 5.82 Å². The van der Waals surface area contributed by atoms with Gasteiger partial charge in [0.25, 0.3) is 11.8 Å². The Hall–Kier alpha value is -4.32. The van der Waals surface area contributed by atoms with Gasteiger partial charge >= 0.3 is 0 Å². The van der Waals surface area contributed by atoms with Gasteiger partial charge < -0.3 is 21.8 Å². The quantitative estimate of drug-likeness (QED) is 0.410. The minimum Gasteiger partial charge on any atom is -0.364 e. The molecule has 3 heterocycles. The summed E-state index contributed by atoms with van der Waals surface area (Å²) < 4.78 is 1.27. The summed E-state index contributed by atoms with van der Waals surface area (Å²) in [7, 11) is 0. The molecule has 9 heteroatoms. The minimum atomic E-state index is -0.676. The lowest BCUT2D eigenvalue weighted by molar-refractivity contribution is 0.0991. The number of nitrogen functional groups attached to an aromatic ring is 1. The van der Waals surface area contributed by atoms with E-state index in [0.717, 1.165) is 24.9 Å². The number of imidazole rings is 1. The predicted octanol–water partition coefficient (Wildman–Crippen LogP) is 2.44. The van der Waals surface area contributed by atoms with Crippen molar-refractivity contribution in [2.45, 2.75) is 32.7 Å². The number of rotatable bonds is 5. The van der Waals surface area contributed by atoms with Crippen molar-refractivity contribution in [1.82, 2.24) is 19.5 Å². The number of nitrogens with one attached hydrogen (secondary N) is 1. The van der Waals surface area contributed by atoms with Crippen LogP contribution in [0.2, 0.25) is 0 Å². The molecule has 1 saturated heterocycles. The van der Waals surface area contributed by atoms with Crippen LogP contribution in [-0.2, 0) is 0 Å². The van der Waals surface area contributed by atoms with Gasteiger partial charge in [-0.25, -0.2) is 14.6 Å². The molecule has 1 aliphatic rings.